The van der Waals surface area contributed by atoms with Crippen LogP contribution in [-0.2, 0) is 10.8 Å². The molecule has 0 amide bonds. The van der Waals surface area contributed by atoms with Gasteiger partial charge in [0.05, 0.1) is 0 Å². The fraction of sp³-hybridized carbons (Fsp3) is 0.571. The Labute approximate surface area is 117 Å². The molecule has 19 heavy (non-hydrogen) atoms. The maximum atomic E-state index is 11.2. The van der Waals surface area contributed by atoms with Crippen LogP contribution >= 0.6 is 0 Å². The number of aliphatic hydroxyl groups excluding tert-OH is 1. The molecule has 0 saturated heterocycles. The van der Waals surface area contributed by atoms with Crippen molar-refractivity contribution in [2.24, 2.45) is 0 Å². The van der Waals surface area contributed by atoms with Crippen molar-refractivity contribution in [1.82, 2.24) is 5.32 Å². The molecule has 2 unspecified atom stereocenters. The quantitative estimate of drug-likeness (QED) is 0.667. The molecule has 0 bridgehead atoms. The predicted octanol–water partition coefficient (Wildman–Crippen LogP) is 1.09. The molecule has 108 valence electrons. The van der Waals surface area contributed by atoms with E-state index < -0.39 is 16.9 Å². The molecule has 2 atom stereocenters. The molecule has 0 aliphatic rings. The molecule has 0 saturated carbocycles. The van der Waals surface area contributed by atoms with Crippen molar-refractivity contribution in [3.05, 3.63) is 29.8 Å². The van der Waals surface area contributed by atoms with Crippen LogP contribution in [0, 0.1) is 6.92 Å². The molecule has 0 aliphatic carbocycles. The minimum atomic E-state index is -0.754. The molecular weight excluding hydrogens is 262 g/mol. The third-order valence-electron chi connectivity index (χ3n) is 2.73. The van der Waals surface area contributed by atoms with Gasteiger partial charge in [-0.15, -0.1) is 0 Å². The summed E-state index contributed by atoms with van der Waals surface area (Å²) in [5.41, 5.74) is 1.06. The summed E-state index contributed by atoms with van der Waals surface area (Å²) in [6, 6.07) is 7.72. The van der Waals surface area contributed by atoms with Crippen molar-refractivity contribution >= 4 is 10.8 Å². The molecule has 1 aromatic rings. The summed E-state index contributed by atoms with van der Waals surface area (Å²) < 4.78 is 16.7. The number of rotatable bonds is 9. The summed E-state index contributed by atoms with van der Waals surface area (Å²) in [5.74, 6) is 2.11. The van der Waals surface area contributed by atoms with E-state index in [1.54, 1.807) is 0 Å². The Morgan fingerprint density at radius 1 is 1.42 bits per heavy atom. The molecular formula is C14H23NO3S. The average Bonchev–Trinajstić information content (AvgIpc) is 2.42. The van der Waals surface area contributed by atoms with E-state index in [1.807, 2.05) is 38.1 Å². The standard InChI is InChI=1S/C14H23NO3S/c1-3-19(17)9-8-15-10-13(16)11-18-14-7-5-4-6-12(14)2/h4-7,13,15-16H,3,8-11H2,1-2H3. The molecule has 0 spiro atoms. The lowest BCUT2D eigenvalue weighted by Gasteiger charge is -2.14. The second-order valence-corrected chi connectivity index (χ2v) is 6.23. The van der Waals surface area contributed by atoms with E-state index in [-0.39, 0.29) is 6.61 Å². The van der Waals surface area contributed by atoms with Gasteiger partial charge in [-0.3, -0.25) is 4.21 Å². The van der Waals surface area contributed by atoms with Crippen LogP contribution in [0.3, 0.4) is 0 Å². The van der Waals surface area contributed by atoms with Gasteiger partial charge in [0.15, 0.2) is 0 Å². The molecule has 0 aromatic heterocycles. The monoisotopic (exact) mass is 285 g/mol. The first-order chi connectivity index (χ1) is 9.13. The van der Waals surface area contributed by atoms with Crippen molar-refractivity contribution in [3.63, 3.8) is 0 Å². The van der Waals surface area contributed by atoms with Gasteiger partial charge in [0.1, 0.15) is 18.5 Å². The highest BCUT2D eigenvalue weighted by Gasteiger charge is 2.06. The van der Waals surface area contributed by atoms with Gasteiger partial charge < -0.3 is 15.2 Å². The molecule has 1 aromatic carbocycles. The van der Waals surface area contributed by atoms with Crippen LogP contribution < -0.4 is 10.1 Å². The van der Waals surface area contributed by atoms with Crippen LogP contribution in [0.15, 0.2) is 24.3 Å². The summed E-state index contributed by atoms with van der Waals surface area (Å²) in [5, 5.41) is 12.8. The first kappa shape index (κ1) is 16.1. The van der Waals surface area contributed by atoms with Crippen LogP contribution in [0.4, 0.5) is 0 Å². The first-order valence-electron chi connectivity index (χ1n) is 6.55. The van der Waals surface area contributed by atoms with Gasteiger partial charge in [-0.25, -0.2) is 0 Å². The fourth-order valence-corrected chi connectivity index (χ4v) is 2.22. The lowest BCUT2D eigenvalue weighted by Crippen LogP contribution is -2.33. The Balaban J connectivity index is 2.16. The molecule has 1 rings (SSSR count). The summed E-state index contributed by atoms with van der Waals surface area (Å²) in [6.07, 6.45) is -0.560. The average molecular weight is 285 g/mol. The van der Waals surface area contributed by atoms with Crippen molar-refractivity contribution in [1.29, 1.82) is 0 Å². The second-order valence-electron chi connectivity index (χ2n) is 4.37. The maximum Gasteiger partial charge on any atom is 0.122 e. The third kappa shape index (κ3) is 6.71. The molecule has 0 radical (unpaired) electrons. The van der Waals surface area contributed by atoms with E-state index in [0.29, 0.717) is 24.6 Å². The summed E-state index contributed by atoms with van der Waals surface area (Å²) in [7, 11) is -0.754. The van der Waals surface area contributed by atoms with E-state index in [4.69, 9.17) is 4.74 Å². The van der Waals surface area contributed by atoms with Crippen LogP contribution in [-0.4, -0.2) is 46.6 Å². The topological polar surface area (TPSA) is 58.6 Å². The van der Waals surface area contributed by atoms with Gasteiger partial charge in [-0.2, -0.15) is 0 Å². The van der Waals surface area contributed by atoms with Gasteiger partial charge in [0.2, 0.25) is 0 Å². The van der Waals surface area contributed by atoms with E-state index in [1.165, 1.54) is 0 Å². The second kappa shape index (κ2) is 9.07. The minimum Gasteiger partial charge on any atom is -0.491 e. The summed E-state index contributed by atoms with van der Waals surface area (Å²) in [4.78, 5) is 0. The number of hydrogen-bond donors (Lipinski definition) is 2. The van der Waals surface area contributed by atoms with Gasteiger partial charge in [-0.1, -0.05) is 25.1 Å². The zero-order valence-corrected chi connectivity index (χ0v) is 12.4. The first-order valence-corrected chi connectivity index (χ1v) is 8.04. The van der Waals surface area contributed by atoms with E-state index in [2.05, 4.69) is 5.32 Å². The molecule has 5 heteroatoms. The number of para-hydroxylation sites is 1. The predicted molar refractivity (Wildman–Crippen MR) is 79.1 cm³/mol. The van der Waals surface area contributed by atoms with E-state index >= 15 is 0 Å². The Kier molecular flexibility index (Phi) is 7.70. The Bertz CT molecular complexity index is 398. The Morgan fingerprint density at radius 2 is 2.16 bits per heavy atom. The lowest BCUT2D eigenvalue weighted by atomic mass is 10.2. The molecule has 2 N–H and O–H groups in total. The molecule has 4 nitrogen and oxygen atoms in total. The summed E-state index contributed by atoms with van der Waals surface area (Å²) in [6.45, 7) is 5.24. The third-order valence-corrected chi connectivity index (χ3v) is 4.04. The van der Waals surface area contributed by atoms with Gasteiger partial charge in [-0.05, 0) is 18.6 Å². The smallest absolute Gasteiger partial charge is 0.122 e. The van der Waals surface area contributed by atoms with E-state index in [0.717, 1.165) is 11.3 Å². The Hall–Kier alpha value is -0.910. The SMILES string of the molecule is CCS(=O)CCNCC(O)COc1ccccc1C. The minimum absolute atomic E-state index is 0.259. The lowest BCUT2D eigenvalue weighted by molar-refractivity contribution is 0.106. The molecule has 0 fully saturated rings. The zero-order chi connectivity index (χ0) is 14.1. The summed E-state index contributed by atoms with van der Waals surface area (Å²) >= 11 is 0. The fourth-order valence-electron chi connectivity index (χ4n) is 1.56. The Morgan fingerprint density at radius 3 is 2.84 bits per heavy atom. The number of hydrogen-bond acceptors (Lipinski definition) is 4. The van der Waals surface area contributed by atoms with E-state index in [9.17, 15) is 9.32 Å². The van der Waals surface area contributed by atoms with Gasteiger partial charge in [0, 0.05) is 35.4 Å². The number of ether oxygens (including phenoxy) is 1. The number of benzene rings is 1. The highest BCUT2D eigenvalue weighted by atomic mass is 32.2. The van der Waals surface area contributed by atoms with Crippen LogP contribution in [0.5, 0.6) is 5.75 Å². The van der Waals surface area contributed by atoms with Crippen LogP contribution in [0.1, 0.15) is 12.5 Å². The normalized spacial score (nSPS) is 14.1. The van der Waals surface area contributed by atoms with Crippen molar-refractivity contribution in [2.75, 3.05) is 31.2 Å². The number of aliphatic hydroxyl groups is 1. The van der Waals surface area contributed by atoms with Crippen LogP contribution in [0.25, 0.3) is 0 Å². The van der Waals surface area contributed by atoms with Gasteiger partial charge in [0.25, 0.3) is 0 Å². The molecule has 0 heterocycles. The maximum absolute atomic E-state index is 11.2. The van der Waals surface area contributed by atoms with Crippen molar-refractivity contribution in [3.8, 4) is 5.75 Å². The van der Waals surface area contributed by atoms with Crippen molar-refractivity contribution < 1.29 is 14.1 Å². The zero-order valence-electron chi connectivity index (χ0n) is 11.6. The number of nitrogens with one attached hydrogen (secondary N) is 1. The van der Waals surface area contributed by atoms with Crippen LogP contribution in [0.2, 0.25) is 0 Å². The highest BCUT2D eigenvalue weighted by molar-refractivity contribution is 7.84. The van der Waals surface area contributed by atoms with Crippen molar-refractivity contribution in [2.45, 2.75) is 20.0 Å². The molecule has 0 aliphatic heterocycles. The number of aryl methyl sites for hydroxylation is 1. The highest BCUT2D eigenvalue weighted by Crippen LogP contribution is 2.16. The largest absolute Gasteiger partial charge is 0.491 e. The van der Waals surface area contributed by atoms with Gasteiger partial charge >= 0.3 is 0 Å².